The van der Waals surface area contributed by atoms with E-state index in [0.29, 0.717) is 28.7 Å². The zero-order valence-electron chi connectivity index (χ0n) is 14.8. The van der Waals surface area contributed by atoms with Gasteiger partial charge in [0, 0.05) is 6.07 Å². The van der Waals surface area contributed by atoms with Crippen molar-refractivity contribution in [3.63, 3.8) is 0 Å². The minimum atomic E-state index is -0.395. The van der Waals surface area contributed by atoms with E-state index in [1.165, 1.54) is 18.8 Å². The van der Waals surface area contributed by atoms with Gasteiger partial charge in [-0.25, -0.2) is 0 Å². The molecule has 1 amide bonds. The minimum absolute atomic E-state index is 0.165. The Morgan fingerprint density at radius 1 is 1.27 bits per heavy atom. The van der Waals surface area contributed by atoms with Gasteiger partial charge in [-0.05, 0) is 26.0 Å². The SMILES string of the molecule is COc1ccc(NC(=O)Cn2c(C)nc3onc(C)c3c2=O)c(OC)c1. The third-order valence-corrected chi connectivity index (χ3v) is 3.94. The number of amides is 1. The number of hydrogen-bond acceptors (Lipinski definition) is 7. The van der Waals surface area contributed by atoms with Crippen LogP contribution in [0.2, 0.25) is 0 Å². The summed E-state index contributed by atoms with van der Waals surface area (Å²) < 4.78 is 16.7. The van der Waals surface area contributed by atoms with Gasteiger partial charge >= 0.3 is 0 Å². The van der Waals surface area contributed by atoms with Crippen LogP contribution >= 0.6 is 0 Å². The number of carbonyl (C=O) groups is 1. The van der Waals surface area contributed by atoms with Crippen molar-refractivity contribution in [2.45, 2.75) is 20.4 Å². The number of fused-ring (bicyclic) bond motifs is 1. The Morgan fingerprint density at radius 2 is 2.04 bits per heavy atom. The van der Waals surface area contributed by atoms with Crippen molar-refractivity contribution in [2.24, 2.45) is 0 Å². The summed E-state index contributed by atoms with van der Waals surface area (Å²) >= 11 is 0. The zero-order chi connectivity index (χ0) is 18.8. The molecule has 0 fully saturated rings. The first-order valence-electron chi connectivity index (χ1n) is 7.80. The van der Waals surface area contributed by atoms with Crippen molar-refractivity contribution in [2.75, 3.05) is 19.5 Å². The predicted molar refractivity (Wildman–Crippen MR) is 93.7 cm³/mol. The van der Waals surface area contributed by atoms with Gasteiger partial charge in [0.25, 0.3) is 11.3 Å². The molecule has 3 rings (SSSR count). The summed E-state index contributed by atoms with van der Waals surface area (Å²) in [5, 5.41) is 6.74. The molecule has 1 aromatic carbocycles. The van der Waals surface area contributed by atoms with E-state index >= 15 is 0 Å². The van der Waals surface area contributed by atoms with Crippen molar-refractivity contribution in [3.05, 3.63) is 40.1 Å². The summed E-state index contributed by atoms with van der Waals surface area (Å²) in [5.74, 6) is 1.01. The zero-order valence-corrected chi connectivity index (χ0v) is 14.8. The standard InChI is InChI=1S/C17H18N4O5/c1-9-15-16(26-20-9)18-10(2)21(17(15)23)8-14(22)19-12-6-5-11(24-3)7-13(12)25-4/h5-7H,8H2,1-4H3,(H,19,22). The molecule has 0 radical (unpaired) electrons. The molecule has 0 saturated heterocycles. The van der Waals surface area contributed by atoms with Crippen LogP contribution in [0.1, 0.15) is 11.5 Å². The molecule has 1 N–H and O–H groups in total. The number of nitrogens with zero attached hydrogens (tertiary/aromatic N) is 3. The maximum absolute atomic E-state index is 12.6. The molecule has 0 bridgehead atoms. The number of nitrogens with one attached hydrogen (secondary N) is 1. The quantitative estimate of drug-likeness (QED) is 0.739. The molecule has 0 unspecified atom stereocenters. The van der Waals surface area contributed by atoms with Crippen LogP contribution < -0.4 is 20.3 Å². The van der Waals surface area contributed by atoms with Crippen LogP contribution in [-0.4, -0.2) is 34.8 Å². The number of ether oxygens (including phenoxy) is 2. The monoisotopic (exact) mass is 358 g/mol. The maximum Gasteiger partial charge on any atom is 0.267 e. The number of aryl methyl sites for hydroxylation is 2. The van der Waals surface area contributed by atoms with E-state index in [1.54, 1.807) is 32.0 Å². The summed E-state index contributed by atoms with van der Waals surface area (Å²) in [6.07, 6.45) is 0. The first kappa shape index (κ1) is 17.5. The van der Waals surface area contributed by atoms with Crippen LogP contribution in [0.5, 0.6) is 11.5 Å². The lowest BCUT2D eigenvalue weighted by Gasteiger charge is -2.13. The number of aromatic nitrogens is 3. The highest BCUT2D eigenvalue weighted by Gasteiger charge is 2.17. The summed E-state index contributed by atoms with van der Waals surface area (Å²) in [6, 6.07) is 5.02. The number of benzene rings is 1. The molecule has 0 aliphatic carbocycles. The Kier molecular flexibility index (Phi) is 4.61. The van der Waals surface area contributed by atoms with E-state index < -0.39 is 5.91 Å². The molecular weight excluding hydrogens is 340 g/mol. The molecule has 9 nitrogen and oxygen atoms in total. The molecule has 26 heavy (non-hydrogen) atoms. The number of carbonyl (C=O) groups excluding carboxylic acids is 1. The third kappa shape index (κ3) is 3.10. The lowest BCUT2D eigenvalue weighted by molar-refractivity contribution is -0.116. The Morgan fingerprint density at radius 3 is 2.73 bits per heavy atom. The minimum Gasteiger partial charge on any atom is -0.497 e. The van der Waals surface area contributed by atoms with Crippen LogP contribution in [-0.2, 0) is 11.3 Å². The summed E-state index contributed by atoms with van der Waals surface area (Å²) in [5.41, 5.74) is 0.698. The fourth-order valence-corrected chi connectivity index (χ4v) is 2.59. The normalized spacial score (nSPS) is 10.8. The number of methoxy groups -OCH3 is 2. The molecule has 3 aromatic rings. The van der Waals surface area contributed by atoms with Crippen LogP contribution in [0.4, 0.5) is 5.69 Å². The van der Waals surface area contributed by atoms with Gasteiger partial charge in [0.15, 0.2) is 0 Å². The van der Waals surface area contributed by atoms with Crippen molar-refractivity contribution in [1.29, 1.82) is 0 Å². The molecule has 2 aromatic heterocycles. The topological polar surface area (TPSA) is 108 Å². The average molecular weight is 358 g/mol. The molecule has 0 atom stereocenters. The molecule has 0 aliphatic rings. The van der Waals surface area contributed by atoms with Gasteiger partial charge in [-0.1, -0.05) is 5.16 Å². The van der Waals surface area contributed by atoms with Gasteiger partial charge in [0.1, 0.15) is 29.3 Å². The molecule has 0 aliphatic heterocycles. The maximum atomic E-state index is 12.6. The van der Waals surface area contributed by atoms with Gasteiger partial charge in [0.05, 0.1) is 25.6 Å². The van der Waals surface area contributed by atoms with Gasteiger partial charge < -0.3 is 19.3 Å². The average Bonchev–Trinajstić information content (AvgIpc) is 2.99. The van der Waals surface area contributed by atoms with Gasteiger partial charge in [-0.2, -0.15) is 4.98 Å². The Labute approximate surface area is 148 Å². The van der Waals surface area contributed by atoms with E-state index in [9.17, 15) is 9.59 Å². The molecule has 0 saturated carbocycles. The smallest absolute Gasteiger partial charge is 0.267 e. The highest BCUT2D eigenvalue weighted by molar-refractivity contribution is 5.92. The summed E-state index contributed by atoms with van der Waals surface area (Å²) in [4.78, 5) is 29.3. The Bertz CT molecular complexity index is 1040. The second-order valence-corrected chi connectivity index (χ2v) is 5.61. The summed E-state index contributed by atoms with van der Waals surface area (Å²) in [6.45, 7) is 3.07. The van der Waals surface area contributed by atoms with Crippen LogP contribution in [0.3, 0.4) is 0 Å². The molecule has 9 heteroatoms. The molecule has 136 valence electrons. The lowest BCUT2D eigenvalue weighted by Crippen LogP contribution is -2.30. The van der Waals surface area contributed by atoms with E-state index in [0.717, 1.165) is 0 Å². The Balaban J connectivity index is 1.88. The van der Waals surface area contributed by atoms with Crippen molar-refractivity contribution < 1.29 is 18.8 Å². The van der Waals surface area contributed by atoms with Crippen LogP contribution in [0, 0.1) is 13.8 Å². The van der Waals surface area contributed by atoms with Crippen molar-refractivity contribution in [3.8, 4) is 11.5 Å². The van der Waals surface area contributed by atoms with Gasteiger partial charge in [-0.3, -0.25) is 14.2 Å². The van der Waals surface area contributed by atoms with Crippen molar-refractivity contribution in [1.82, 2.24) is 14.7 Å². The lowest BCUT2D eigenvalue weighted by atomic mass is 10.2. The number of hydrogen-bond donors (Lipinski definition) is 1. The second-order valence-electron chi connectivity index (χ2n) is 5.61. The van der Waals surface area contributed by atoms with E-state index in [1.807, 2.05) is 0 Å². The van der Waals surface area contributed by atoms with Gasteiger partial charge in [0.2, 0.25) is 5.91 Å². The highest BCUT2D eigenvalue weighted by atomic mass is 16.5. The van der Waals surface area contributed by atoms with E-state index in [4.69, 9.17) is 14.0 Å². The predicted octanol–water partition coefficient (Wildman–Crippen LogP) is 1.66. The first-order valence-corrected chi connectivity index (χ1v) is 7.80. The molecular formula is C17H18N4O5. The van der Waals surface area contributed by atoms with Gasteiger partial charge in [-0.15, -0.1) is 0 Å². The molecule has 2 heterocycles. The first-order chi connectivity index (χ1) is 12.4. The van der Waals surface area contributed by atoms with E-state index in [2.05, 4.69) is 15.5 Å². The second kappa shape index (κ2) is 6.87. The highest BCUT2D eigenvalue weighted by Crippen LogP contribution is 2.29. The van der Waals surface area contributed by atoms with Crippen molar-refractivity contribution >= 4 is 22.7 Å². The number of rotatable bonds is 5. The van der Waals surface area contributed by atoms with E-state index in [-0.39, 0.29) is 23.2 Å². The Hall–Kier alpha value is -3.36. The third-order valence-electron chi connectivity index (χ3n) is 3.94. The fourth-order valence-electron chi connectivity index (χ4n) is 2.59. The van der Waals surface area contributed by atoms with Crippen LogP contribution in [0.25, 0.3) is 11.1 Å². The fraction of sp³-hybridized carbons (Fsp3) is 0.294. The molecule has 0 spiro atoms. The largest absolute Gasteiger partial charge is 0.497 e. The van der Waals surface area contributed by atoms with Crippen LogP contribution in [0.15, 0.2) is 27.5 Å². The summed E-state index contributed by atoms with van der Waals surface area (Å²) in [7, 11) is 3.03. The number of anilines is 1.